The van der Waals surface area contributed by atoms with Crippen molar-refractivity contribution in [1.82, 2.24) is 0 Å². The SMILES string of the molecule is C=CC(=O)OCc1ccccc1.C=Cc1ccccc1. The highest BCUT2D eigenvalue weighted by Gasteiger charge is 1.95. The first-order valence-electron chi connectivity index (χ1n) is 6.27. The van der Waals surface area contributed by atoms with Crippen molar-refractivity contribution in [3.05, 3.63) is 91.0 Å². The first-order chi connectivity index (χ1) is 9.76. The molecule has 2 aromatic carbocycles. The zero-order chi connectivity index (χ0) is 14.6. The third-order valence-electron chi connectivity index (χ3n) is 2.43. The monoisotopic (exact) mass is 266 g/mol. The second kappa shape index (κ2) is 9.34. The van der Waals surface area contributed by atoms with E-state index in [9.17, 15) is 4.79 Å². The van der Waals surface area contributed by atoms with Crippen LogP contribution in [0.3, 0.4) is 0 Å². The van der Waals surface area contributed by atoms with Gasteiger partial charge in [0.2, 0.25) is 0 Å². The molecule has 0 amide bonds. The molecule has 0 heterocycles. The van der Waals surface area contributed by atoms with Crippen LogP contribution in [0.15, 0.2) is 79.9 Å². The van der Waals surface area contributed by atoms with E-state index in [-0.39, 0.29) is 5.97 Å². The lowest BCUT2D eigenvalue weighted by molar-refractivity contribution is -0.138. The van der Waals surface area contributed by atoms with Gasteiger partial charge in [-0.05, 0) is 11.1 Å². The fourth-order valence-corrected chi connectivity index (χ4v) is 1.38. The molecule has 0 radical (unpaired) electrons. The summed E-state index contributed by atoms with van der Waals surface area (Å²) in [6, 6.07) is 19.5. The van der Waals surface area contributed by atoms with Gasteiger partial charge in [0, 0.05) is 6.08 Å². The summed E-state index contributed by atoms with van der Waals surface area (Å²) in [6.07, 6.45) is 2.99. The standard InChI is InChI=1S/C10H10O2.C8H8/c1-2-10(11)12-8-9-6-4-3-5-7-9;1-2-8-6-4-3-5-7-8/h2-7H,1,8H2;2-7H,1H2. The maximum Gasteiger partial charge on any atom is 0.330 e. The van der Waals surface area contributed by atoms with E-state index < -0.39 is 0 Å². The predicted octanol–water partition coefficient (Wildman–Crippen LogP) is 4.25. The summed E-state index contributed by atoms with van der Waals surface area (Å²) < 4.78 is 4.82. The minimum absolute atomic E-state index is 0.311. The molecule has 2 rings (SSSR count). The molecule has 0 fully saturated rings. The van der Waals surface area contributed by atoms with Crippen molar-refractivity contribution < 1.29 is 9.53 Å². The van der Waals surface area contributed by atoms with Crippen LogP contribution in [0, 0.1) is 0 Å². The van der Waals surface area contributed by atoms with E-state index in [0.717, 1.165) is 11.6 Å². The van der Waals surface area contributed by atoms with Gasteiger partial charge in [-0.15, -0.1) is 0 Å². The van der Waals surface area contributed by atoms with E-state index in [1.54, 1.807) is 0 Å². The molecule has 2 nitrogen and oxygen atoms in total. The number of ether oxygens (including phenoxy) is 1. The molecular formula is C18H18O2. The smallest absolute Gasteiger partial charge is 0.330 e. The maximum absolute atomic E-state index is 10.6. The zero-order valence-corrected chi connectivity index (χ0v) is 11.4. The van der Waals surface area contributed by atoms with E-state index in [1.807, 2.05) is 66.7 Å². The van der Waals surface area contributed by atoms with E-state index in [1.165, 1.54) is 5.56 Å². The molecule has 0 bridgehead atoms. The van der Waals surface area contributed by atoms with E-state index >= 15 is 0 Å². The Hall–Kier alpha value is -2.61. The molecule has 0 saturated carbocycles. The Morgan fingerprint density at radius 1 is 0.950 bits per heavy atom. The van der Waals surface area contributed by atoms with Gasteiger partial charge >= 0.3 is 5.97 Å². The molecule has 0 atom stereocenters. The van der Waals surface area contributed by atoms with Crippen molar-refractivity contribution in [3.63, 3.8) is 0 Å². The molecule has 102 valence electrons. The maximum atomic E-state index is 10.6. The van der Waals surface area contributed by atoms with Gasteiger partial charge in [-0.1, -0.05) is 79.9 Å². The van der Waals surface area contributed by atoms with Crippen LogP contribution in [-0.2, 0) is 16.1 Å². The summed E-state index contributed by atoms with van der Waals surface area (Å²) in [5, 5.41) is 0. The van der Waals surface area contributed by atoms with E-state index in [2.05, 4.69) is 13.2 Å². The first-order valence-corrected chi connectivity index (χ1v) is 6.27. The van der Waals surface area contributed by atoms with E-state index in [0.29, 0.717) is 6.61 Å². The molecular weight excluding hydrogens is 248 g/mol. The Labute approximate surface area is 120 Å². The van der Waals surface area contributed by atoms with Crippen molar-refractivity contribution in [1.29, 1.82) is 0 Å². The zero-order valence-electron chi connectivity index (χ0n) is 11.4. The van der Waals surface area contributed by atoms with Crippen molar-refractivity contribution in [2.45, 2.75) is 6.61 Å². The molecule has 0 saturated heterocycles. The molecule has 0 spiro atoms. The minimum atomic E-state index is -0.390. The number of benzene rings is 2. The third-order valence-corrected chi connectivity index (χ3v) is 2.43. The highest BCUT2D eigenvalue weighted by molar-refractivity contribution is 5.81. The van der Waals surface area contributed by atoms with Crippen molar-refractivity contribution in [2.75, 3.05) is 0 Å². The Bertz CT molecular complexity index is 530. The average Bonchev–Trinajstić information content (AvgIpc) is 2.55. The normalized spacial score (nSPS) is 8.80. The van der Waals surface area contributed by atoms with Crippen LogP contribution in [0.25, 0.3) is 6.08 Å². The molecule has 20 heavy (non-hydrogen) atoms. The Balaban J connectivity index is 0.000000217. The number of esters is 1. The number of carbonyl (C=O) groups excluding carboxylic acids is 1. The first kappa shape index (κ1) is 15.4. The fourth-order valence-electron chi connectivity index (χ4n) is 1.38. The van der Waals surface area contributed by atoms with Gasteiger partial charge in [-0.2, -0.15) is 0 Å². The molecule has 2 aromatic rings. The average molecular weight is 266 g/mol. The summed E-state index contributed by atoms with van der Waals surface area (Å²) in [5.74, 6) is -0.390. The second-order valence-electron chi connectivity index (χ2n) is 3.91. The van der Waals surface area contributed by atoms with Crippen LogP contribution in [0.1, 0.15) is 11.1 Å². The summed E-state index contributed by atoms with van der Waals surface area (Å²) >= 11 is 0. The lowest BCUT2D eigenvalue weighted by atomic mass is 10.2. The third kappa shape index (κ3) is 6.36. The molecule has 0 aliphatic carbocycles. The van der Waals surface area contributed by atoms with Crippen LogP contribution < -0.4 is 0 Å². The molecule has 0 aliphatic rings. The highest BCUT2D eigenvalue weighted by atomic mass is 16.5. The number of rotatable bonds is 4. The largest absolute Gasteiger partial charge is 0.458 e. The van der Waals surface area contributed by atoms with Crippen LogP contribution in [0.4, 0.5) is 0 Å². The topological polar surface area (TPSA) is 26.3 Å². The van der Waals surface area contributed by atoms with Crippen LogP contribution in [0.2, 0.25) is 0 Å². The predicted molar refractivity (Wildman–Crippen MR) is 83.0 cm³/mol. The van der Waals surface area contributed by atoms with Gasteiger partial charge in [0.25, 0.3) is 0 Å². The van der Waals surface area contributed by atoms with Gasteiger partial charge in [0.1, 0.15) is 6.61 Å². The number of hydrogen-bond acceptors (Lipinski definition) is 2. The molecule has 2 heteroatoms. The van der Waals surface area contributed by atoms with Gasteiger partial charge in [0.15, 0.2) is 0 Å². The summed E-state index contributed by atoms with van der Waals surface area (Å²) in [4.78, 5) is 10.6. The Morgan fingerprint density at radius 3 is 1.95 bits per heavy atom. The van der Waals surface area contributed by atoms with Crippen molar-refractivity contribution in [3.8, 4) is 0 Å². The number of hydrogen-bond donors (Lipinski definition) is 0. The van der Waals surface area contributed by atoms with Crippen molar-refractivity contribution in [2.24, 2.45) is 0 Å². The van der Waals surface area contributed by atoms with Crippen LogP contribution >= 0.6 is 0 Å². The van der Waals surface area contributed by atoms with Crippen LogP contribution in [-0.4, -0.2) is 5.97 Å². The minimum Gasteiger partial charge on any atom is -0.458 e. The quantitative estimate of drug-likeness (QED) is 0.611. The van der Waals surface area contributed by atoms with Gasteiger partial charge in [0.05, 0.1) is 0 Å². The van der Waals surface area contributed by atoms with Gasteiger partial charge < -0.3 is 4.74 Å². The Morgan fingerprint density at radius 2 is 1.50 bits per heavy atom. The summed E-state index contributed by atoms with van der Waals surface area (Å²) in [5.41, 5.74) is 2.15. The summed E-state index contributed by atoms with van der Waals surface area (Å²) in [7, 11) is 0. The lowest BCUT2D eigenvalue weighted by Crippen LogP contribution is -1.99. The van der Waals surface area contributed by atoms with E-state index in [4.69, 9.17) is 4.74 Å². The molecule has 0 aromatic heterocycles. The second-order valence-corrected chi connectivity index (χ2v) is 3.91. The van der Waals surface area contributed by atoms with Crippen molar-refractivity contribution >= 4 is 12.0 Å². The van der Waals surface area contributed by atoms with Gasteiger partial charge in [-0.25, -0.2) is 4.79 Å². The summed E-state index contributed by atoms with van der Waals surface area (Å²) in [6.45, 7) is 7.24. The fraction of sp³-hybridized carbons (Fsp3) is 0.0556. The lowest BCUT2D eigenvalue weighted by Gasteiger charge is -2.00. The van der Waals surface area contributed by atoms with Gasteiger partial charge in [-0.3, -0.25) is 0 Å². The highest BCUT2D eigenvalue weighted by Crippen LogP contribution is 2.00. The molecule has 0 unspecified atom stereocenters. The molecule has 0 N–H and O–H groups in total. The number of carbonyl (C=O) groups is 1. The molecule has 0 aliphatic heterocycles. The Kier molecular flexibility index (Phi) is 7.21. The van der Waals surface area contributed by atoms with Crippen LogP contribution in [0.5, 0.6) is 0 Å².